The summed E-state index contributed by atoms with van der Waals surface area (Å²) in [6.07, 6.45) is 5.52. The van der Waals surface area contributed by atoms with Gasteiger partial charge in [0.25, 0.3) is 0 Å². The second-order valence-corrected chi connectivity index (χ2v) is 7.09. The maximum Gasteiger partial charge on any atom is 0.226 e. The van der Waals surface area contributed by atoms with Crippen LogP contribution in [0, 0.1) is 17.8 Å². The number of hydrogen-bond donors (Lipinski definition) is 1. The first-order valence-electron chi connectivity index (χ1n) is 8.18. The predicted octanol–water partition coefficient (Wildman–Crippen LogP) is 1.55. The van der Waals surface area contributed by atoms with E-state index in [9.17, 15) is 4.79 Å². The number of rotatable bonds is 3. The third-order valence-electron chi connectivity index (χ3n) is 5.23. The Morgan fingerprint density at radius 3 is 2.45 bits per heavy atom. The van der Waals surface area contributed by atoms with Gasteiger partial charge in [0.2, 0.25) is 5.91 Å². The summed E-state index contributed by atoms with van der Waals surface area (Å²) in [5.41, 5.74) is 6.14. The van der Waals surface area contributed by atoms with Gasteiger partial charge in [-0.3, -0.25) is 4.79 Å². The standard InChI is InChI=1S/C16H31N3O/c1-12-14(5-4-6-15(12)17)16(20)19-9-7-13(8-10-19)11-18(2)3/h12-15H,4-11,17H2,1-3H3. The van der Waals surface area contributed by atoms with Gasteiger partial charge in [0, 0.05) is 31.6 Å². The monoisotopic (exact) mass is 281 g/mol. The largest absolute Gasteiger partial charge is 0.342 e. The van der Waals surface area contributed by atoms with Crippen LogP contribution in [0.2, 0.25) is 0 Å². The lowest BCUT2D eigenvalue weighted by molar-refractivity contribution is -0.140. The summed E-state index contributed by atoms with van der Waals surface area (Å²) in [6, 6.07) is 0.212. The van der Waals surface area contributed by atoms with Gasteiger partial charge in [0.1, 0.15) is 0 Å². The van der Waals surface area contributed by atoms with Crippen LogP contribution in [0.5, 0.6) is 0 Å². The van der Waals surface area contributed by atoms with Gasteiger partial charge in [-0.15, -0.1) is 0 Å². The van der Waals surface area contributed by atoms with Crippen molar-refractivity contribution in [3.63, 3.8) is 0 Å². The van der Waals surface area contributed by atoms with E-state index in [1.807, 2.05) is 0 Å². The van der Waals surface area contributed by atoms with Crippen molar-refractivity contribution >= 4 is 5.91 Å². The number of carbonyl (C=O) groups is 1. The van der Waals surface area contributed by atoms with Crippen LogP contribution >= 0.6 is 0 Å². The lowest BCUT2D eigenvalue weighted by Crippen LogP contribution is -2.48. The molecule has 0 aromatic carbocycles. The summed E-state index contributed by atoms with van der Waals surface area (Å²) in [6.45, 7) is 5.18. The van der Waals surface area contributed by atoms with Crippen LogP contribution in [0.3, 0.4) is 0 Å². The Labute approximate surface area is 123 Å². The fourth-order valence-corrected chi connectivity index (χ4v) is 3.83. The summed E-state index contributed by atoms with van der Waals surface area (Å²) in [5, 5.41) is 0. The molecule has 3 atom stereocenters. The van der Waals surface area contributed by atoms with Gasteiger partial charge in [0.05, 0.1) is 0 Å². The summed E-state index contributed by atoms with van der Waals surface area (Å²) in [7, 11) is 4.26. The van der Waals surface area contributed by atoms with Crippen molar-refractivity contribution in [3.05, 3.63) is 0 Å². The average Bonchev–Trinajstić information content (AvgIpc) is 2.41. The molecule has 1 aliphatic carbocycles. The first-order valence-corrected chi connectivity index (χ1v) is 8.18. The van der Waals surface area contributed by atoms with Gasteiger partial charge in [-0.25, -0.2) is 0 Å². The van der Waals surface area contributed by atoms with E-state index in [0.717, 1.165) is 57.7 Å². The first-order chi connectivity index (χ1) is 9.49. The summed E-state index contributed by atoms with van der Waals surface area (Å²) >= 11 is 0. The molecule has 20 heavy (non-hydrogen) atoms. The fraction of sp³-hybridized carbons (Fsp3) is 0.938. The molecule has 4 nitrogen and oxygen atoms in total. The van der Waals surface area contributed by atoms with Gasteiger partial charge >= 0.3 is 0 Å². The number of piperidine rings is 1. The van der Waals surface area contributed by atoms with Crippen molar-refractivity contribution < 1.29 is 4.79 Å². The third kappa shape index (κ3) is 3.73. The van der Waals surface area contributed by atoms with E-state index in [2.05, 4.69) is 30.8 Å². The molecule has 0 aromatic heterocycles. The minimum atomic E-state index is 0.171. The van der Waals surface area contributed by atoms with E-state index in [4.69, 9.17) is 5.73 Å². The van der Waals surface area contributed by atoms with E-state index in [-0.39, 0.29) is 12.0 Å². The van der Waals surface area contributed by atoms with Crippen molar-refractivity contribution in [1.29, 1.82) is 0 Å². The Kier molecular flexibility index (Phi) is 5.44. The minimum Gasteiger partial charge on any atom is -0.342 e. The van der Waals surface area contributed by atoms with Gasteiger partial charge in [0.15, 0.2) is 0 Å². The van der Waals surface area contributed by atoms with Crippen LogP contribution in [0.25, 0.3) is 0 Å². The second kappa shape index (κ2) is 6.90. The van der Waals surface area contributed by atoms with Crippen molar-refractivity contribution in [1.82, 2.24) is 9.80 Å². The van der Waals surface area contributed by atoms with Gasteiger partial charge in [-0.2, -0.15) is 0 Å². The zero-order chi connectivity index (χ0) is 14.7. The smallest absolute Gasteiger partial charge is 0.226 e. The van der Waals surface area contributed by atoms with Crippen molar-refractivity contribution in [2.45, 2.75) is 45.1 Å². The molecule has 0 radical (unpaired) electrons. The van der Waals surface area contributed by atoms with E-state index in [0.29, 0.717) is 11.8 Å². The number of amides is 1. The Morgan fingerprint density at radius 2 is 1.85 bits per heavy atom. The highest BCUT2D eigenvalue weighted by Gasteiger charge is 2.36. The molecule has 0 bridgehead atoms. The van der Waals surface area contributed by atoms with Crippen LogP contribution in [0.1, 0.15) is 39.0 Å². The van der Waals surface area contributed by atoms with Crippen LogP contribution in [-0.4, -0.2) is 55.5 Å². The predicted molar refractivity (Wildman–Crippen MR) is 82.3 cm³/mol. The van der Waals surface area contributed by atoms with Crippen LogP contribution in [0.4, 0.5) is 0 Å². The van der Waals surface area contributed by atoms with Crippen molar-refractivity contribution in [2.24, 2.45) is 23.5 Å². The molecular formula is C16H31N3O. The Balaban J connectivity index is 1.85. The van der Waals surface area contributed by atoms with Gasteiger partial charge in [-0.1, -0.05) is 13.3 Å². The number of carbonyl (C=O) groups excluding carboxylic acids is 1. The molecule has 2 aliphatic rings. The molecule has 0 aromatic rings. The second-order valence-electron chi connectivity index (χ2n) is 7.09. The molecule has 4 heteroatoms. The van der Waals surface area contributed by atoms with E-state index >= 15 is 0 Å². The molecule has 1 aliphatic heterocycles. The molecule has 3 unspecified atom stereocenters. The quantitative estimate of drug-likeness (QED) is 0.854. The van der Waals surface area contributed by atoms with E-state index < -0.39 is 0 Å². The lowest BCUT2D eigenvalue weighted by Gasteiger charge is -2.39. The van der Waals surface area contributed by atoms with Crippen LogP contribution in [0.15, 0.2) is 0 Å². The molecule has 0 spiro atoms. The molecule has 1 saturated carbocycles. The average molecular weight is 281 g/mol. The third-order valence-corrected chi connectivity index (χ3v) is 5.23. The Bertz CT molecular complexity index is 324. The lowest BCUT2D eigenvalue weighted by atomic mass is 9.76. The molecule has 2 fully saturated rings. The molecule has 2 N–H and O–H groups in total. The number of nitrogens with zero attached hydrogens (tertiary/aromatic N) is 2. The van der Waals surface area contributed by atoms with Gasteiger partial charge < -0.3 is 15.5 Å². The SMILES string of the molecule is CC1C(N)CCCC1C(=O)N1CCC(CN(C)C)CC1. The van der Waals surface area contributed by atoms with Crippen molar-refractivity contribution in [3.8, 4) is 0 Å². The highest BCUT2D eigenvalue weighted by atomic mass is 16.2. The Morgan fingerprint density at radius 1 is 1.20 bits per heavy atom. The maximum atomic E-state index is 12.7. The van der Waals surface area contributed by atoms with Crippen LogP contribution in [-0.2, 0) is 4.79 Å². The summed E-state index contributed by atoms with van der Waals surface area (Å²) < 4.78 is 0. The normalized spacial score (nSPS) is 32.6. The highest BCUT2D eigenvalue weighted by molar-refractivity contribution is 5.79. The first kappa shape index (κ1) is 15.8. The Hall–Kier alpha value is -0.610. The maximum absolute atomic E-state index is 12.7. The molecule has 1 saturated heterocycles. The molecular weight excluding hydrogens is 250 g/mol. The zero-order valence-electron chi connectivity index (χ0n) is 13.3. The topological polar surface area (TPSA) is 49.6 Å². The highest BCUT2D eigenvalue weighted by Crippen LogP contribution is 2.31. The zero-order valence-corrected chi connectivity index (χ0v) is 13.3. The molecule has 1 amide bonds. The van der Waals surface area contributed by atoms with Gasteiger partial charge in [-0.05, 0) is 51.6 Å². The molecule has 2 rings (SSSR count). The van der Waals surface area contributed by atoms with E-state index in [1.54, 1.807) is 0 Å². The number of likely N-dealkylation sites (tertiary alicyclic amines) is 1. The summed E-state index contributed by atoms with van der Waals surface area (Å²) in [4.78, 5) is 17.1. The number of hydrogen-bond acceptors (Lipinski definition) is 3. The fourth-order valence-electron chi connectivity index (χ4n) is 3.83. The molecule has 116 valence electrons. The minimum absolute atomic E-state index is 0.171. The number of nitrogens with two attached hydrogens (primary N) is 1. The summed E-state index contributed by atoms with van der Waals surface area (Å²) in [5.74, 6) is 1.64. The van der Waals surface area contributed by atoms with E-state index in [1.165, 1.54) is 0 Å². The van der Waals surface area contributed by atoms with Crippen LogP contribution < -0.4 is 5.73 Å². The van der Waals surface area contributed by atoms with Crippen molar-refractivity contribution in [2.75, 3.05) is 33.7 Å². The molecule has 1 heterocycles.